The van der Waals surface area contributed by atoms with Gasteiger partial charge >= 0.3 is 0 Å². The number of methoxy groups -OCH3 is 1. The molecule has 0 heterocycles. The van der Waals surface area contributed by atoms with E-state index < -0.39 is 0 Å². The maximum atomic E-state index is 12.9. The highest BCUT2D eigenvalue weighted by Crippen LogP contribution is 2.32. The Kier molecular flexibility index (Phi) is 7.55. The van der Waals surface area contributed by atoms with Gasteiger partial charge in [-0.05, 0) is 65.9 Å². The molecule has 0 radical (unpaired) electrons. The first-order valence-electron chi connectivity index (χ1n) is 9.74. The lowest BCUT2D eigenvalue weighted by Gasteiger charge is -2.29. The van der Waals surface area contributed by atoms with Crippen LogP contribution in [0.5, 0.6) is 5.75 Å². The Balaban J connectivity index is 1.85. The average Bonchev–Trinajstić information content (AvgIpc) is 2.71. The zero-order chi connectivity index (χ0) is 20.1. The summed E-state index contributed by atoms with van der Waals surface area (Å²) in [6.07, 6.45) is 6.56. The molecule has 1 aliphatic rings. The highest BCUT2D eigenvalue weighted by Gasteiger charge is 2.24. The summed E-state index contributed by atoms with van der Waals surface area (Å²) in [5.41, 5.74) is 2.47. The van der Waals surface area contributed by atoms with Gasteiger partial charge in [0.05, 0.1) is 31.5 Å². The number of ether oxygens (including phenoxy) is 1. The van der Waals surface area contributed by atoms with Crippen LogP contribution in [-0.4, -0.2) is 26.1 Å². The van der Waals surface area contributed by atoms with Crippen LogP contribution >= 0.6 is 31.9 Å². The molecule has 2 aromatic rings. The first-order chi connectivity index (χ1) is 13.5. The second-order valence-electron chi connectivity index (χ2n) is 7.43. The summed E-state index contributed by atoms with van der Waals surface area (Å²) in [7, 11) is 3.84. The van der Waals surface area contributed by atoms with E-state index in [0.29, 0.717) is 17.4 Å². The summed E-state index contributed by atoms with van der Waals surface area (Å²) in [5, 5.41) is 3.11. The van der Waals surface area contributed by atoms with E-state index in [9.17, 15) is 4.79 Å². The maximum Gasteiger partial charge on any atom is 0.259 e. The van der Waals surface area contributed by atoms with Crippen LogP contribution in [0.1, 0.15) is 48.0 Å². The number of hydrogen-bond acceptors (Lipinski definition) is 2. The number of hydrogen-bond donors (Lipinski definition) is 2. The van der Waals surface area contributed by atoms with Crippen molar-refractivity contribution < 1.29 is 14.4 Å². The van der Waals surface area contributed by atoms with Gasteiger partial charge in [-0.15, -0.1) is 0 Å². The van der Waals surface area contributed by atoms with Crippen LogP contribution in [0.25, 0.3) is 0 Å². The lowest BCUT2D eigenvalue weighted by atomic mass is 9.94. The molecule has 0 spiro atoms. The second-order valence-corrected chi connectivity index (χ2v) is 9.20. The molecule has 2 aromatic carbocycles. The minimum atomic E-state index is -0.169. The van der Waals surface area contributed by atoms with Crippen molar-refractivity contribution in [1.82, 2.24) is 0 Å². The van der Waals surface area contributed by atoms with Crippen LogP contribution in [-0.2, 0) is 6.54 Å². The van der Waals surface area contributed by atoms with Crippen LogP contribution in [0.4, 0.5) is 5.69 Å². The quantitative estimate of drug-likeness (QED) is 0.585. The van der Waals surface area contributed by atoms with Crippen molar-refractivity contribution in [3.8, 4) is 5.75 Å². The SMILES string of the molecule is COc1ccccc1C(=O)Nc1c(Br)cc(Br)cc1C[NH+](C)C1CCCCC1. The van der Waals surface area contributed by atoms with Gasteiger partial charge in [-0.1, -0.05) is 34.5 Å². The third-order valence-electron chi connectivity index (χ3n) is 5.50. The second kappa shape index (κ2) is 9.90. The van der Waals surface area contributed by atoms with Gasteiger partial charge in [0.2, 0.25) is 0 Å². The van der Waals surface area contributed by atoms with Gasteiger partial charge in [-0.25, -0.2) is 0 Å². The highest BCUT2D eigenvalue weighted by atomic mass is 79.9. The number of carbonyl (C=O) groups is 1. The van der Waals surface area contributed by atoms with Crippen LogP contribution in [0.3, 0.4) is 0 Å². The van der Waals surface area contributed by atoms with Crippen molar-refractivity contribution in [2.75, 3.05) is 19.5 Å². The minimum absolute atomic E-state index is 0.169. The fraction of sp³-hybridized carbons (Fsp3) is 0.409. The van der Waals surface area contributed by atoms with Crippen molar-refractivity contribution in [2.24, 2.45) is 0 Å². The Labute approximate surface area is 183 Å². The summed E-state index contributed by atoms with van der Waals surface area (Å²) >= 11 is 7.23. The van der Waals surface area contributed by atoms with E-state index in [4.69, 9.17) is 4.74 Å². The van der Waals surface area contributed by atoms with Gasteiger partial charge in [-0.3, -0.25) is 4.79 Å². The van der Waals surface area contributed by atoms with Crippen molar-refractivity contribution in [3.63, 3.8) is 0 Å². The molecule has 3 rings (SSSR count). The normalized spacial score (nSPS) is 15.9. The molecule has 28 heavy (non-hydrogen) atoms. The lowest BCUT2D eigenvalue weighted by Crippen LogP contribution is -3.11. The highest BCUT2D eigenvalue weighted by molar-refractivity contribution is 9.11. The van der Waals surface area contributed by atoms with Crippen molar-refractivity contribution >= 4 is 43.5 Å². The molecule has 1 atom stereocenters. The van der Waals surface area contributed by atoms with Gasteiger partial charge in [-0.2, -0.15) is 0 Å². The summed E-state index contributed by atoms with van der Waals surface area (Å²) in [4.78, 5) is 14.4. The topological polar surface area (TPSA) is 42.8 Å². The molecule has 1 amide bonds. The lowest BCUT2D eigenvalue weighted by molar-refractivity contribution is -0.921. The van der Waals surface area contributed by atoms with Gasteiger partial charge in [0.1, 0.15) is 12.3 Å². The molecule has 0 saturated heterocycles. The Morgan fingerprint density at radius 3 is 2.61 bits per heavy atom. The summed E-state index contributed by atoms with van der Waals surface area (Å²) in [6.45, 7) is 0.865. The Bertz CT molecular complexity index is 835. The van der Waals surface area contributed by atoms with Crippen molar-refractivity contribution in [1.29, 1.82) is 0 Å². The molecule has 1 fully saturated rings. The van der Waals surface area contributed by atoms with E-state index in [1.54, 1.807) is 19.2 Å². The van der Waals surface area contributed by atoms with E-state index in [-0.39, 0.29) is 5.91 Å². The number of benzene rings is 2. The number of para-hydroxylation sites is 1. The Hall–Kier alpha value is -1.37. The maximum absolute atomic E-state index is 12.9. The molecule has 150 valence electrons. The van der Waals surface area contributed by atoms with Crippen molar-refractivity contribution in [3.05, 3.63) is 56.5 Å². The molecule has 1 unspecified atom stereocenters. The van der Waals surface area contributed by atoms with E-state index in [1.165, 1.54) is 37.0 Å². The molecular weight excluding hydrogens is 484 g/mol. The first kappa shape index (κ1) is 21.3. The zero-order valence-corrected chi connectivity index (χ0v) is 19.5. The fourth-order valence-electron chi connectivity index (χ4n) is 3.96. The molecule has 4 nitrogen and oxygen atoms in total. The summed E-state index contributed by atoms with van der Waals surface area (Å²) in [5.74, 6) is 0.400. The number of amides is 1. The Morgan fingerprint density at radius 2 is 1.89 bits per heavy atom. The van der Waals surface area contributed by atoms with Gasteiger partial charge in [0, 0.05) is 14.5 Å². The number of halogens is 2. The third kappa shape index (κ3) is 5.16. The van der Waals surface area contributed by atoms with Crippen molar-refractivity contribution in [2.45, 2.75) is 44.7 Å². The standard InChI is InChI=1S/C22H26Br2N2O2/c1-26(17-8-4-3-5-9-17)14-15-12-16(23)13-19(24)21(15)25-22(27)18-10-6-7-11-20(18)28-2/h6-7,10-13,17H,3-5,8-9,14H2,1-2H3,(H,25,27)/p+1. The summed E-state index contributed by atoms with van der Waals surface area (Å²) < 4.78 is 7.22. The predicted molar refractivity (Wildman–Crippen MR) is 120 cm³/mol. The number of quaternary nitrogens is 1. The average molecular weight is 511 g/mol. The molecule has 0 aromatic heterocycles. The van der Waals surface area contributed by atoms with Crippen LogP contribution in [0, 0.1) is 0 Å². The first-order valence-corrected chi connectivity index (χ1v) is 11.3. The number of rotatable bonds is 6. The zero-order valence-electron chi connectivity index (χ0n) is 16.4. The van der Waals surface area contributed by atoms with E-state index in [0.717, 1.165) is 26.7 Å². The van der Waals surface area contributed by atoms with Crippen LogP contribution in [0.15, 0.2) is 45.3 Å². The van der Waals surface area contributed by atoms with Gasteiger partial charge < -0.3 is 15.0 Å². The smallest absolute Gasteiger partial charge is 0.259 e. The molecule has 6 heteroatoms. The largest absolute Gasteiger partial charge is 0.496 e. The molecule has 2 N–H and O–H groups in total. The van der Waals surface area contributed by atoms with E-state index >= 15 is 0 Å². The number of carbonyl (C=O) groups excluding carboxylic acids is 1. The van der Waals surface area contributed by atoms with Gasteiger partial charge in [0.25, 0.3) is 5.91 Å². The molecule has 0 aliphatic heterocycles. The van der Waals surface area contributed by atoms with E-state index in [1.807, 2.05) is 18.2 Å². The van der Waals surface area contributed by atoms with E-state index in [2.05, 4.69) is 50.3 Å². The number of nitrogens with one attached hydrogen (secondary N) is 2. The fourth-order valence-corrected chi connectivity index (χ4v) is 5.37. The Morgan fingerprint density at radius 1 is 1.18 bits per heavy atom. The molecule has 1 aliphatic carbocycles. The molecule has 0 bridgehead atoms. The summed E-state index contributed by atoms with van der Waals surface area (Å²) in [6, 6.07) is 12.0. The molecule has 1 saturated carbocycles. The van der Waals surface area contributed by atoms with Crippen LogP contribution < -0.4 is 15.0 Å². The minimum Gasteiger partial charge on any atom is -0.496 e. The predicted octanol–water partition coefficient (Wildman–Crippen LogP) is 4.82. The van der Waals surface area contributed by atoms with Crippen LogP contribution in [0.2, 0.25) is 0 Å². The van der Waals surface area contributed by atoms with Gasteiger partial charge in [0.15, 0.2) is 0 Å². The number of anilines is 1. The molecular formula is C22H27Br2N2O2+. The third-order valence-corrected chi connectivity index (χ3v) is 6.58. The monoisotopic (exact) mass is 509 g/mol.